The van der Waals surface area contributed by atoms with Gasteiger partial charge in [0.1, 0.15) is 6.54 Å². The first-order valence-corrected chi connectivity index (χ1v) is 9.50. The number of nitrogens with one attached hydrogen (secondary N) is 1. The van der Waals surface area contributed by atoms with Gasteiger partial charge in [-0.1, -0.05) is 29.8 Å². The molecular weight excluding hydrogens is 342 g/mol. The van der Waals surface area contributed by atoms with E-state index >= 15 is 0 Å². The maximum atomic E-state index is 11.9. The van der Waals surface area contributed by atoms with Crippen LogP contribution < -0.4 is 5.32 Å². The van der Waals surface area contributed by atoms with Gasteiger partial charge >= 0.3 is 0 Å². The van der Waals surface area contributed by atoms with Gasteiger partial charge in [0.25, 0.3) is 0 Å². The standard InChI is InChI=1S/C20H33N5O2/c1-17-6-5-7-18(14-17)16-24-9-11-25(12-10-24)20(21-8-13-27-4)22-15-19(26)23(2)3/h5-7,14H,8-13,15-16H2,1-4H3,(H,21,22). The SMILES string of the molecule is COCCNC(=NCC(=O)N(C)C)N1CCN(Cc2cccc(C)c2)CC1. The molecule has 1 aromatic carbocycles. The van der Waals surface area contributed by atoms with Gasteiger partial charge in [0.15, 0.2) is 5.96 Å². The first kappa shape index (κ1) is 21.2. The molecule has 1 aliphatic rings. The van der Waals surface area contributed by atoms with Crippen LogP contribution in [0.2, 0.25) is 0 Å². The average Bonchev–Trinajstić information content (AvgIpc) is 2.65. The number of nitrogens with zero attached hydrogens (tertiary/aromatic N) is 4. The molecule has 1 amide bonds. The molecule has 1 N–H and O–H groups in total. The van der Waals surface area contributed by atoms with E-state index in [-0.39, 0.29) is 12.5 Å². The van der Waals surface area contributed by atoms with Gasteiger partial charge in [-0.2, -0.15) is 0 Å². The van der Waals surface area contributed by atoms with E-state index in [9.17, 15) is 4.79 Å². The summed E-state index contributed by atoms with van der Waals surface area (Å²) in [5.74, 6) is 0.789. The van der Waals surface area contributed by atoms with Gasteiger partial charge in [-0.15, -0.1) is 0 Å². The number of carbonyl (C=O) groups is 1. The summed E-state index contributed by atoms with van der Waals surface area (Å²) < 4.78 is 5.12. The number of hydrogen-bond donors (Lipinski definition) is 1. The minimum absolute atomic E-state index is 0.000810. The van der Waals surface area contributed by atoms with Gasteiger partial charge in [-0.05, 0) is 12.5 Å². The Labute approximate surface area is 163 Å². The number of hydrogen-bond acceptors (Lipinski definition) is 4. The van der Waals surface area contributed by atoms with Crippen molar-refractivity contribution in [1.82, 2.24) is 20.0 Å². The third-order valence-electron chi connectivity index (χ3n) is 4.61. The molecule has 7 heteroatoms. The molecule has 0 bridgehead atoms. The summed E-state index contributed by atoms with van der Waals surface area (Å²) >= 11 is 0. The van der Waals surface area contributed by atoms with Crippen molar-refractivity contribution >= 4 is 11.9 Å². The van der Waals surface area contributed by atoms with Crippen molar-refractivity contribution in [2.75, 3.05) is 67.1 Å². The number of aliphatic imine (C=N–C) groups is 1. The molecule has 2 rings (SSSR count). The predicted molar refractivity (Wildman–Crippen MR) is 109 cm³/mol. The van der Waals surface area contributed by atoms with Crippen LogP contribution in [0.3, 0.4) is 0 Å². The number of likely N-dealkylation sites (N-methyl/N-ethyl adjacent to an activating group) is 1. The van der Waals surface area contributed by atoms with Crippen molar-refractivity contribution in [2.24, 2.45) is 4.99 Å². The predicted octanol–water partition coefficient (Wildman–Crippen LogP) is 0.793. The molecule has 0 aliphatic carbocycles. The third-order valence-corrected chi connectivity index (χ3v) is 4.61. The normalized spacial score (nSPS) is 15.7. The number of benzene rings is 1. The Morgan fingerprint density at radius 2 is 2.00 bits per heavy atom. The van der Waals surface area contributed by atoms with Crippen LogP contribution in [0.1, 0.15) is 11.1 Å². The van der Waals surface area contributed by atoms with Crippen LogP contribution in [0.15, 0.2) is 29.3 Å². The molecule has 0 radical (unpaired) electrons. The van der Waals surface area contributed by atoms with Crippen molar-refractivity contribution in [1.29, 1.82) is 0 Å². The van der Waals surface area contributed by atoms with E-state index in [2.05, 4.69) is 51.3 Å². The number of ether oxygens (including phenoxy) is 1. The lowest BCUT2D eigenvalue weighted by Crippen LogP contribution is -2.52. The molecule has 27 heavy (non-hydrogen) atoms. The lowest BCUT2D eigenvalue weighted by atomic mass is 10.1. The summed E-state index contributed by atoms with van der Waals surface area (Å²) in [6.07, 6.45) is 0. The van der Waals surface area contributed by atoms with E-state index in [1.165, 1.54) is 11.1 Å². The maximum absolute atomic E-state index is 11.9. The first-order valence-electron chi connectivity index (χ1n) is 9.50. The largest absolute Gasteiger partial charge is 0.383 e. The number of rotatable bonds is 7. The van der Waals surface area contributed by atoms with E-state index < -0.39 is 0 Å². The second kappa shape index (κ2) is 10.9. The van der Waals surface area contributed by atoms with Gasteiger partial charge in [-0.3, -0.25) is 9.69 Å². The van der Waals surface area contributed by atoms with Gasteiger partial charge in [0.2, 0.25) is 5.91 Å². The van der Waals surface area contributed by atoms with Crippen molar-refractivity contribution in [3.63, 3.8) is 0 Å². The fourth-order valence-electron chi connectivity index (χ4n) is 3.00. The Hall–Kier alpha value is -2.12. The minimum Gasteiger partial charge on any atom is -0.383 e. The maximum Gasteiger partial charge on any atom is 0.243 e. The number of carbonyl (C=O) groups excluding carboxylic acids is 1. The summed E-state index contributed by atoms with van der Waals surface area (Å²) in [5, 5.41) is 3.32. The van der Waals surface area contributed by atoms with Gasteiger partial charge in [0, 0.05) is 60.5 Å². The molecule has 7 nitrogen and oxygen atoms in total. The van der Waals surface area contributed by atoms with Crippen LogP contribution in [0.5, 0.6) is 0 Å². The van der Waals surface area contributed by atoms with Crippen LogP contribution in [-0.4, -0.2) is 93.6 Å². The quantitative estimate of drug-likeness (QED) is 0.434. The van der Waals surface area contributed by atoms with E-state index in [0.717, 1.165) is 38.7 Å². The summed E-state index contributed by atoms with van der Waals surface area (Å²) in [6.45, 7) is 8.26. The van der Waals surface area contributed by atoms with E-state index in [4.69, 9.17) is 4.74 Å². The van der Waals surface area contributed by atoms with E-state index in [1.54, 1.807) is 26.1 Å². The van der Waals surface area contributed by atoms with E-state index in [1.807, 2.05) is 0 Å². The zero-order chi connectivity index (χ0) is 19.6. The number of aryl methyl sites for hydroxylation is 1. The lowest BCUT2D eigenvalue weighted by molar-refractivity contribution is -0.127. The van der Waals surface area contributed by atoms with E-state index in [0.29, 0.717) is 13.2 Å². The molecule has 1 saturated heterocycles. The highest BCUT2D eigenvalue weighted by Crippen LogP contribution is 2.10. The summed E-state index contributed by atoms with van der Waals surface area (Å²) in [4.78, 5) is 22.7. The zero-order valence-corrected chi connectivity index (χ0v) is 17.1. The summed E-state index contributed by atoms with van der Waals surface area (Å²) in [6, 6.07) is 8.68. The molecule has 1 aliphatic heterocycles. The van der Waals surface area contributed by atoms with Crippen molar-refractivity contribution in [2.45, 2.75) is 13.5 Å². The Morgan fingerprint density at radius 1 is 1.26 bits per heavy atom. The minimum atomic E-state index is -0.000810. The number of amides is 1. The second-order valence-electron chi connectivity index (χ2n) is 7.10. The zero-order valence-electron chi connectivity index (χ0n) is 17.1. The topological polar surface area (TPSA) is 60.4 Å². The fraction of sp³-hybridized carbons (Fsp3) is 0.600. The molecule has 150 valence electrons. The van der Waals surface area contributed by atoms with Crippen molar-refractivity contribution in [3.8, 4) is 0 Å². The Morgan fingerprint density at radius 3 is 2.63 bits per heavy atom. The molecule has 1 aromatic rings. The van der Waals surface area contributed by atoms with Crippen LogP contribution in [0.4, 0.5) is 0 Å². The van der Waals surface area contributed by atoms with Gasteiger partial charge in [-0.25, -0.2) is 4.99 Å². The van der Waals surface area contributed by atoms with Gasteiger partial charge in [0.05, 0.1) is 6.61 Å². The second-order valence-corrected chi connectivity index (χ2v) is 7.10. The van der Waals surface area contributed by atoms with Crippen molar-refractivity contribution < 1.29 is 9.53 Å². The third kappa shape index (κ3) is 7.19. The first-order chi connectivity index (χ1) is 13.0. The monoisotopic (exact) mass is 375 g/mol. The lowest BCUT2D eigenvalue weighted by Gasteiger charge is -2.36. The fourth-order valence-corrected chi connectivity index (χ4v) is 3.00. The molecule has 1 fully saturated rings. The molecule has 0 unspecified atom stereocenters. The Bertz CT molecular complexity index is 625. The highest BCUT2D eigenvalue weighted by Gasteiger charge is 2.20. The summed E-state index contributed by atoms with van der Waals surface area (Å²) in [5.41, 5.74) is 2.65. The molecule has 0 spiro atoms. The van der Waals surface area contributed by atoms with Crippen molar-refractivity contribution in [3.05, 3.63) is 35.4 Å². The molecule has 1 heterocycles. The average molecular weight is 376 g/mol. The van der Waals surface area contributed by atoms with Crippen LogP contribution >= 0.6 is 0 Å². The molecular formula is C20H33N5O2. The molecule has 0 saturated carbocycles. The highest BCUT2D eigenvalue weighted by molar-refractivity contribution is 5.84. The van der Waals surface area contributed by atoms with Crippen LogP contribution in [-0.2, 0) is 16.1 Å². The smallest absolute Gasteiger partial charge is 0.243 e. The Kier molecular flexibility index (Phi) is 8.54. The van der Waals surface area contributed by atoms with Crippen LogP contribution in [0, 0.1) is 6.92 Å². The molecule has 0 aromatic heterocycles. The number of piperazine rings is 1. The number of guanidine groups is 1. The number of methoxy groups -OCH3 is 1. The van der Waals surface area contributed by atoms with Gasteiger partial charge < -0.3 is 19.9 Å². The molecule has 0 atom stereocenters. The van der Waals surface area contributed by atoms with Crippen LogP contribution in [0.25, 0.3) is 0 Å². The summed E-state index contributed by atoms with van der Waals surface area (Å²) in [7, 11) is 5.18. The highest BCUT2D eigenvalue weighted by atomic mass is 16.5. The Balaban J connectivity index is 1.91.